The van der Waals surface area contributed by atoms with Gasteiger partial charge in [0.2, 0.25) is 5.91 Å². The van der Waals surface area contributed by atoms with E-state index >= 15 is 0 Å². The van der Waals surface area contributed by atoms with Gasteiger partial charge in [-0.3, -0.25) is 29.8 Å². The summed E-state index contributed by atoms with van der Waals surface area (Å²) >= 11 is 3.28. The number of non-ortho nitro benzene ring substituents is 2. The van der Waals surface area contributed by atoms with Gasteiger partial charge in [-0.2, -0.15) is 5.10 Å². The van der Waals surface area contributed by atoms with E-state index in [0.29, 0.717) is 16.6 Å². The van der Waals surface area contributed by atoms with E-state index in [0.717, 1.165) is 18.2 Å². The summed E-state index contributed by atoms with van der Waals surface area (Å²) in [4.78, 5) is 57.0. The number of halogens is 1. The Labute approximate surface area is 222 Å². The van der Waals surface area contributed by atoms with Gasteiger partial charge in [0, 0.05) is 39.8 Å². The molecule has 2 N–H and O–H groups in total. The van der Waals surface area contributed by atoms with E-state index in [1.165, 1.54) is 30.5 Å². The quantitative estimate of drug-likeness (QED) is 0.120. The molecule has 0 aliphatic rings. The minimum atomic E-state index is -1.08. The highest BCUT2D eigenvalue weighted by atomic mass is 79.9. The minimum absolute atomic E-state index is 0.0265. The zero-order chi connectivity index (χ0) is 27.8. The van der Waals surface area contributed by atoms with E-state index in [4.69, 9.17) is 4.74 Å². The molecule has 0 radical (unpaired) electrons. The van der Waals surface area contributed by atoms with Crippen LogP contribution in [0.25, 0.3) is 0 Å². The van der Waals surface area contributed by atoms with Crippen LogP contribution in [0.5, 0.6) is 5.75 Å². The molecular weight excluding hydrogens is 566 g/mol. The molecule has 0 atom stereocenters. The fourth-order valence-corrected chi connectivity index (χ4v) is 3.35. The average Bonchev–Trinajstić information content (AvgIpc) is 2.89. The van der Waals surface area contributed by atoms with Gasteiger partial charge in [0.05, 0.1) is 27.7 Å². The van der Waals surface area contributed by atoms with Crippen LogP contribution in [-0.2, 0) is 4.79 Å². The third-order valence-electron chi connectivity index (χ3n) is 4.86. The monoisotopic (exact) mass is 583 g/mol. The fourth-order valence-electron chi connectivity index (χ4n) is 2.98. The van der Waals surface area contributed by atoms with E-state index in [1.54, 1.807) is 25.1 Å². The van der Waals surface area contributed by atoms with Crippen molar-refractivity contribution in [1.29, 1.82) is 0 Å². The van der Waals surface area contributed by atoms with Crippen LogP contribution in [0.1, 0.15) is 39.6 Å². The zero-order valence-electron chi connectivity index (χ0n) is 19.5. The highest BCUT2D eigenvalue weighted by Gasteiger charge is 2.21. The van der Waals surface area contributed by atoms with E-state index in [9.17, 15) is 34.6 Å². The van der Waals surface area contributed by atoms with Crippen LogP contribution >= 0.6 is 15.9 Å². The van der Waals surface area contributed by atoms with Crippen LogP contribution in [0.2, 0.25) is 0 Å². The van der Waals surface area contributed by atoms with Crippen LogP contribution in [0.15, 0.2) is 70.2 Å². The third kappa shape index (κ3) is 7.27. The molecule has 3 aromatic rings. The van der Waals surface area contributed by atoms with Crippen molar-refractivity contribution in [1.82, 2.24) is 5.43 Å². The van der Waals surface area contributed by atoms with Crippen molar-refractivity contribution in [3.05, 3.63) is 102 Å². The molecule has 38 heavy (non-hydrogen) atoms. The molecular formula is C24H18BrN5O8. The van der Waals surface area contributed by atoms with E-state index in [-0.39, 0.29) is 22.8 Å². The van der Waals surface area contributed by atoms with Crippen molar-refractivity contribution in [3.63, 3.8) is 0 Å². The number of carbonyl (C=O) groups is 3. The normalized spacial score (nSPS) is 10.6. The van der Waals surface area contributed by atoms with Gasteiger partial charge < -0.3 is 10.1 Å². The Balaban J connectivity index is 1.76. The smallest absolute Gasteiger partial charge is 0.344 e. The third-order valence-corrected chi connectivity index (χ3v) is 5.35. The maximum atomic E-state index is 12.7. The van der Waals surface area contributed by atoms with E-state index in [1.807, 2.05) is 0 Å². The minimum Gasteiger partial charge on any atom is -0.422 e. The molecule has 0 saturated heterocycles. The molecule has 2 amide bonds. The van der Waals surface area contributed by atoms with Gasteiger partial charge in [0.25, 0.3) is 17.3 Å². The van der Waals surface area contributed by atoms with Crippen LogP contribution in [0, 0.1) is 20.2 Å². The van der Waals surface area contributed by atoms with Crippen molar-refractivity contribution >= 4 is 57.0 Å². The average molecular weight is 584 g/mol. The Kier molecular flexibility index (Phi) is 8.95. The lowest BCUT2D eigenvalue weighted by Gasteiger charge is -2.08. The number of rotatable bonds is 9. The maximum Gasteiger partial charge on any atom is 0.344 e. The molecule has 0 saturated carbocycles. The Morgan fingerprint density at radius 3 is 2.16 bits per heavy atom. The number of nitrogens with one attached hydrogen (secondary N) is 2. The molecule has 0 spiro atoms. The van der Waals surface area contributed by atoms with Gasteiger partial charge in [-0.15, -0.1) is 0 Å². The number of hydrazone groups is 1. The topological polar surface area (TPSA) is 183 Å². The summed E-state index contributed by atoms with van der Waals surface area (Å²) in [5.41, 5.74) is 1.68. The Morgan fingerprint density at radius 1 is 0.947 bits per heavy atom. The second kappa shape index (κ2) is 12.3. The summed E-state index contributed by atoms with van der Waals surface area (Å²) in [6.45, 7) is 1.71. The fraction of sp³-hybridized carbons (Fsp3) is 0.0833. The molecule has 0 aliphatic carbocycles. The second-order valence-corrected chi connectivity index (χ2v) is 8.42. The summed E-state index contributed by atoms with van der Waals surface area (Å²) in [5, 5.41) is 28.7. The standard InChI is InChI=1S/C24H18BrN5O8/c1-2-22(31)27-18-6-3-14(4-7-18)23(32)28-26-13-16-9-17(25)5-8-21(16)38-24(33)15-10-19(29(34)35)12-20(11-15)30(36)37/h3-13H,2H2,1H3,(H,27,31)(H,28,32)/b26-13-. The number of amides is 2. The summed E-state index contributed by atoms with van der Waals surface area (Å²) < 4.78 is 5.89. The number of benzene rings is 3. The summed E-state index contributed by atoms with van der Waals surface area (Å²) in [5.74, 6) is -1.82. The Bertz CT molecular complexity index is 1420. The molecule has 3 aromatic carbocycles. The van der Waals surface area contributed by atoms with E-state index in [2.05, 4.69) is 31.8 Å². The van der Waals surface area contributed by atoms with E-state index < -0.39 is 38.7 Å². The molecule has 0 aliphatic heterocycles. The lowest BCUT2D eigenvalue weighted by Crippen LogP contribution is -2.18. The number of ether oxygens (including phenoxy) is 1. The van der Waals surface area contributed by atoms with Crippen LogP contribution < -0.4 is 15.5 Å². The number of anilines is 1. The van der Waals surface area contributed by atoms with Crippen molar-refractivity contribution < 1.29 is 29.0 Å². The first kappa shape index (κ1) is 27.6. The predicted octanol–water partition coefficient (Wildman–Crippen LogP) is 4.60. The van der Waals surface area contributed by atoms with Crippen molar-refractivity contribution in [3.8, 4) is 5.75 Å². The number of carbonyl (C=O) groups excluding carboxylic acids is 3. The van der Waals surface area contributed by atoms with Gasteiger partial charge in [0.1, 0.15) is 5.75 Å². The SMILES string of the molecule is CCC(=O)Nc1ccc(C(=O)N/N=C\c2cc(Br)ccc2OC(=O)c2cc([N+](=O)[O-])cc([N+](=O)[O-])c2)cc1. The van der Waals surface area contributed by atoms with Crippen molar-refractivity contribution in [2.75, 3.05) is 5.32 Å². The Morgan fingerprint density at radius 2 is 1.58 bits per heavy atom. The van der Waals surface area contributed by atoms with Gasteiger partial charge in [-0.25, -0.2) is 10.2 Å². The van der Waals surface area contributed by atoms with Crippen molar-refractivity contribution in [2.24, 2.45) is 5.10 Å². The lowest BCUT2D eigenvalue weighted by atomic mass is 10.1. The number of nitro benzene ring substituents is 2. The first-order valence-corrected chi connectivity index (χ1v) is 11.6. The molecule has 0 heterocycles. The van der Waals surface area contributed by atoms with Gasteiger partial charge in [-0.1, -0.05) is 22.9 Å². The molecule has 194 valence electrons. The highest BCUT2D eigenvalue weighted by Crippen LogP contribution is 2.26. The lowest BCUT2D eigenvalue weighted by molar-refractivity contribution is -0.394. The molecule has 14 heteroatoms. The van der Waals surface area contributed by atoms with Crippen LogP contribution in [0.3, 0.4) is 0 Å². The van der Waals surface area contributed by atoms with Gasteiger partial charge in [-0.05, 0) is 42.5 Å². The predicted molar refractivity (Wildman–Crippen MR) is 139 cm³/mol. The number of hydrogen-bond acceptors (Lipinski definition) is 9. The molecule has 0 bridgehead atoms. The zero-order valence-corrected chi connectivity index (χ0v) is 21.1. The largest absolute Gasteiger partial charge is 0.422 e. The number of esters is 1. The van der Waals surface area contributed by atoms with Crippen LogP contribution in [0.4, 0.5) is 17.1 Å². The second-order valence-electron chi connectivity index (χ2n) is 7.50. The number of nitrogens with zero attached hydrogens (tertiary/aromatic N) is 3. The molecule has 13 nitrogen and oxygen atoms in total. The Hall–Kier alpha value is -4.98. The van der Waals surface area contributed by atoms with Gasteiger partial charge in [0.15, 0.2) is 0 Å². The van der Waals surface area contributed by atoms with Crippen LogP contribution in [-0.4, -0.2) is 33.8 Å². The molecule has 0 aromatic heterocycles. The first-order chi connectivity index (χ1) is 18.1. The van der Waals surface area contributed by atoms with Crippen molar-refractivity contribution in [2.45, 2.75) is 13.3 Å². The molecule has 0 unspecified atom stereocenters. The number of hydrogen-bond donors (Lipinski definition) is 2. The number of nitro groups is 2. The molecule has 0 fully saturated rings. The summed E-state index contributed by atoms with van der Waals surface area (Å²) in [7, 11) is 0. The first-order valence-electron chi connectivity index (χ1n) is 10.8. The van der Waals surface area contributed by atoms with Gasteiger partial charge >= 0.3 is 5.97 Å². The highest BCUT2D eigenvalue weighted by molar-refractivity contribution is 9.10. The summed E-state index contributed by atoms with van der Waals surface area (Å²) in [6.07, 6.45) is 1.52. The maximum absolute atomic E-state index is 12.7. The molecule has 3 rings (SSSR count). The summed E-state index contributed by atoms with van der Waals surface area (Å²) in [6, 6.07) is 13.1.